The van der Waals surface area contributed by atoms with Crippen molar-refractivity contribution in [2.45, 2.75) is 40.0 Å². The minimum Gasteiger partial charge on any atom is -0.359 e. The standard InChI is InChI=1S/C21H24N2/c1-14-6-12-18(22-14)20(19-13-7-15(2)23-19)16-8-10-17(11-9-16)21(3,4)5/h6-13,22H,1-5H3/b20-19+. The lowest BCUT2D eigenvalue weighted by Crippen LogP contribution is -2.10. The van der Waals surface area contributed by atoms with E-state index in [9.17, 15) is 0 Å². The number of hydrogen-bond acceptors (Lipinski definition) is 1. The maximum Gasteiger partial charge on any atom is 0.0732 e. The number of allylic oxidation sites excluding steroid dienone is 2. The number of aromatic amines is 1. The zero-order valence-corrected chi connectivity index (χ0v) is 14.6. The van der Waals surface area contributed by atoms with Crippen LogP contribution in [0, 0.1) is 6.92 Å². The third-order valence-electron chi connectivity index (χ3n) is 4.18. The lowest BCUT2D eigenvalue weighted by Gasteiger charge is -2.19. The number of aromatic nitrogens is 1. The molecule has 2 heteroatoms. The SMILES string of the molecule is CC1=N/C(=C(\c2ccc(C(C)(C)C)cc2)c2ccc(C)[nH]2)C=C1. The lowest BCUT2D eigenvalue weighted by molar-refractivity contribution is 0.590. The lowest BCUT2D eigenvalue weighted by atomic mass is 9.86. The second-order valence-electron chi connectivity index (χ2n) is 7.23. The Kier molecular flexibility index (Phi) is 3.85. The molecule has 2 nitrogen and oxygen atoms in total. The van der Waals surface area contributed by atoms with Crippen LogP contribution >= 0.6 is 0 Å². The van der Waals surface area contributed by atoms with Gasteiger partial charge in [0.15, 0.2) is 0 Å². The summed E-state index contributed by atoms with van der Waals surface area (Å²) in [4.78, 5) is 8.14. The Morgan fingerprint density at radius 1 is 0.913 bits per heavy atom. The summed E-state index contributed by atoms with van der Waals surface area (Å²) in [5, 5.41) is 0. The number of benzene rings is 1. The van der Waals surface area contributed by atoms with Crippen LogP contribution in [-0.2, 0) is 5.41 Å². The minimum absolute atomic E-state index is 0.164. The van der Waals surface area contributed by atoms with Crippen molar-refractivity contribution in [2.75, 3.05) is 0 Å². The molecule has 0 saturated carbocycles. The summed E-state index contributed by atoms with van der Waals surface area (Å²) in [6.07, 6.45) is 4.16. The molecule has 1 aromatic heterocycles. The van der Waals surface area contributed by atoms with E-state index in [-0.39, 0.29) is 5.41 Å². The molecule has 23 heavy (non-hydrogen) atoms. The van der Waals surface area contributed by atoms with Crippen LogP contribution in [0.5, 0.6) is 0 Å². The first kappa shape index (κ1) is 15.5. The number of aliphatic imine (C=N–C) groups is 1. The highest BCUT2D eigenvalue weighted by atomic mass is 14.8. The van der Waals surface area contributed by atoms with Gasteiger partial charge in [0.05, 0.1) is 5.70 Å². The Morgan fingerprint density at radius 3 is 2.09 bits per heavy atom. The second kappa shape index (κ2) is 5.69. The van der Waals surface area contributed by atoms with E-state index < -0.39 is 0 Å². The number of hydrogen-bond donors (Lipinski definition) is 1. The van der Waals surface area contributed by atoms with Crippen LogP contribution in [-0.4, -0.2) is 10.7 Å². The van der Waals surface area contributed by atoms with Crippen molar-refractivity contribution in [3.05, 3.63) is 76.8 Å². The maximum atomic E-state index is 4.69. The molecule has 0 amide bonds. The monoisotopic (exact) mass is 304 g/mol. The average Bonchev–Trinajstić information content (AvgIpc) is 3.08. The zero-order valence-electron chi connectivity index (χ0n) is 14.6. The molecule has 0 spiro atoms. The van der Waals surface area contributed by atoms with Gasteiger partial charge in [0.2, 0.25) is 0 Å². The molecule has 1 aliphatic rings. The van der Waals surface area contributed by atoms with Crippen LogP contribution in [0.25, 0.3) is 5.57 Å². The first-order valence-electron chi connectivity index (χ1n) is 8.09. The molecule has 0 radical (unpaired) electrons. The van der Waals surface area contributed by atoms with E-state index in [0.717, 1.165) is 28.4 Å². The molecule has 2 heterocycles. The van der Waals surface area contributed by atoms with Crippen molar-refractivity contribution in [2.24, 2.45) is 4.99 Å². The van der Waals surface area contributed by atoms with Crippen molar-refractivity contribution < 1.29 is 0 Å². The second-order valence-corrected chi connectivity index (χ2v) is 7.23. The summed E-state index contributed by atoms with van der Waals surface area (Å²) < 4.78 is 0. The van der Waals surface area contributed by atoms with Gasteiger partial charge in [-0.3, -0.25) is 4.99 Å². The van der Waals surface area contributed by atoms with Crippen LogP contribution < -0.4 is 0 Å². The normalized spacial score (nSPS) is 16.7. The molecule has 0 bridgehead atoms. The highest BCUT2D eigenvalue weighted by Crippen LogP contribution is 2.31. The van der Waals surface area contributed by atoms with Gasteiger partial charge in [-0.15, -0.1) is 0 Å². The van der Waals surface area contributed by atoms with Gasteiger partial charge in [0, 0.05) is 22.7 Å². The predicted octanol–water partition coefficient (Wildman–Crippen LogP) is 5.41. The smallest absolute Gasteiger partial charge is 0.0732 e. The molecular weight excluding hydrogens is 280 g/mol. The fourth-order valence-corrected chi connectivity index (χ4v) is 2.83. The molecule has 118 valence electrons. The van der Waals surface area contributed by atoms with Gasteiger partial charge >= 0.3 is 0 Å². The number of nitrogens with zero attached hydrogens (tertiary/aromatic N) is 1. The Labute approximate surface area is 138 Å². The summed E-state index contributed by atoms with van der Waals surface area (Å²) in [5.74, 6) is 0. The summed E-state index contributed by atoms with van der Waals surface area (Å²) in [6, 6.07) is 13.1. The van der Waals surface area contributed by atoms with Gasteiger partial charge < -0.3 is 4.98 Å². The fourth-order valence-electron chi connectivity index (χ4n) is 2.83. The average molecular weight is 304 g/mol. The van der Waals surface area contributed by atoms with Gasteiger partial charge in [-0.25, -0.2) is 0 Å². The molecular formula is C21H24N2. The molecule has 1 aromatic carbocycles. The topological polar surface area (TPSA) is 28.1 Å². The Morgan fingerprint density at radius 2 is 1.61 bits per heavy atom. The molecule has 0 aliphatic carbocycles. The van der Waals surface area contributed by atoms with E-state index in [0.29, 0.717) is 0 Å². The van der Waals surface area contributed by atoms with E-state index in [1.165, 1.54) is 11.1 Å². The molecule has 0 fully saturated rings. The molecule has 0 unspecified atom stereocenters. The van der Waals surface area contributed by atoms with Gasteiger partial charge in [-0.1, -0.05) is 45.0 Å². The highest BCUT2D eigenvalue weighted by molar-refractivity contribution is 5.99. The van der Waals surface area contributed by atoms with E-state index in [2.05, 4.69) is 86.2 Å². The van der Waals surface area contributed by atoms with Crippen molar-refractivity contribution >= 4 is 11.3 Å². The molecule has 0 atom stereocenters. The predicted molar refractivity (Wildman–Crippen MR) is 98.9 cm³/mol. The van der Waals surface area contributed by atoms with E-state index in [4.69, 9.17) is 0 Å². The van der Waals surface area contributed by atoms with Gasteiger partial charge in [0.25, 0.3) is 0 Å². The van der Waals surface area contributed by atoms with Crippen molar-refractivity contribution in [1.29, 1.82) is 0 Å². The Balaban J connectivity index is 2.12. The van der Waals surface area contributed by atoms with Crippen LogP contribution in [0.4, 0.5) is 0 Å². The quantitative estimate of drug-likeness (QED) is 0.768. The molecule has 0 saturated heterocycles. The van der Waals surface area contributed by atoms with Gasteiger partial charge in [0.1, 0.15) is 0 Å². The van der Waals surface area contributed by atoms with Crippen molar-refractivity contribution in [3.8, 4) is 0 Å². The summed E-state index contributed by atoms with van der Waals surface area (Å²) in [6.45, 7) is 10.8. The van der Waals surface area contributed by atoms with Crippen molar-refractivity contribution in [1.82, 2.24) is 4.98 Å². The Hall–Kier alpha value is -2.35. The first-order valence-corrected chi connectivity index (χ1v) is 8.09. The van der Waals surface area contributed by atoms with Gasteiger partial charge in [-0.2, -0.15) is 0 Å². The fraction of sp³-hybridized carbons (Fsp3) is 0.286. The highest BCUT2D eigenvalue weighted by Gasteiger charge is 2.17. The number of nitrogens with one attached hydrogen (secondary N) is 1. The first-order chi connectivity index (χ1) is 10.8. The third kappa shape index (κ3) is 3.21. The van der Waals surface area contributed by atoms with E-state index >= 15 is 0 Å². The number of H-pyrrole nitrogens is 1. The summed E-state index contributed by atoms with van der Waals surface area (Å²) in [7, 11) is 0. The third-order valence-corrected chi connectivity index (χ3v) is 4.18. The molecule has 1 aliphatic heterocycles. The minimum atomic E-state index is 0.164. The van der Waals surface area contributed by atoms with Crippen LogP contribution in [0.1, 0.15) is 50.2 Å². The van der Waals surface area contributed by atoms with E-state index in [1.54, 1.807) is 0 Å². The number of rotatable bonds is 2. The van der Waals surface area contributed by atoms with Crippen molar-refractivity contribution in [3.63, 3.8) is 0 Å². The van der Waals surface area contributed by atoms with E-state index in [1.807, 2.05) is 6.92 Å². The van der Waals surface area contributed by atoms with Crippen LogP contribution in [0.3, 0.4) is 0 Å². The molecule has 3 rings (SSSR count). The molecule has 1 N–H and O–H groups in total. The van der Waals surface area contributed by atoms with Crippen LogP contribution in [0.15, 0.2) is 59.2 Å². The number of aryl methyl sites for hydroxylation is 1. The summed E-state index contributed by atoms with van der Waals surface area (Å²) in [5.41, 5.74) is 8.20. The summed E-state index contributed by atoms with van der Waals surface area (Å²) >= 11 is 0. The zero-order chi connectivity index (χ0) is 16.6. The molecule has 2 aromatic rings. The Bertz CT molecular complexity index is 806. The van der Waals surface area contributed by atoms with Gasteiger partial charge in [-0.05, 0) is 54.7 Å². The van der Waals surface area contributed by atoms with Crippen LogP contribution in [0.2, 0.25) is 0 Å². The largest absolute Gasteiger partial charge is 0.359 e. The maximum absolute atomic E-state index is 4.69.